The molecule has 0 amide bonds. The lowest BCUT2D eigenvalue weighted by Crippen LogP contribution is -2.26. The molecule has 0 spiro atoms. The Bertz CT molecular complexity index is 1250. The summed E-state index contributed by atoms with van der Waals surface area (Å²) in [5.41, 5.74) is 1.05. The lowest BCUT2D eigenvalue weighted by molar-refractivity contribution is 0.0988. The summed E-state index contributed by atoms with van der Waals surface area (Å²) in [6.07, 6.45) is 2.17. The van der Waals surface area contributed by atoms with E-state index in [2.05, 4.69) is 0 Å². The van der Waals surface area contributed by atoms with Crippen molar-refractivity contribution in [3.8, 4) is 5.75 Å². The first-order valence-electron chi connectivity index (χ1n) is 9.97. The molecule has 2 aromatic heterocycles. The van der Waals surface area contributed by atoms with E-state index in [4.69, 9.17) is 14.1 Å². The Balaban J connectivity index is 1.72. The number of methoxy groups -OCH3 is 1. The molecular weight excluding hydrogens is 412 g/mol. The van der Waals surface area contributed by atoms with Crippen molar-refractivity contribution in [2.24, 2.45) is 0 Å². The summed E-state index contributed by atoms with van der Waals surface area (Å²) < 4.78 is 12.2. The van der Waals surface area contributed by atoms with Crippen LogP contribution < -0.4 is 10.3 Å². The van der Waals surface area contributed by atoms with Crippen LogP contribution in [0, 0.1) is 0 Å². The molecule has 0 aliphatic heterocycles. The van der Waals surface area contributed by atoms with Gasteiger partial charge in [0, 0.05) is 5.56 Å². The van der Waals surface area contributed by atoms with Crippen LogP contribution in [-0.2, 0) is 6.54 Å². The Morgan fingerprint density at radius 1 is 1.13 bits per heavy atom. The molecule has 0 saturated carbocycles. The number of rotatable bonds is 8. The average Bonchev–Trinajstić information content (AvgIpc) is 3.32. The Kier molecular flexibility index (Phi) is 6.23. The molecule has 2 aromatic carbocycles. The molecule has 1 atom stereocenters. The maximum atomic E-state index is 13.2. The Morgan fingerprint density at radius 3 is 2.58 bits per heavy atom. The van der Waals surface area contributed by atoms with Crippen LogP contribution in [0.3, 0.4) is 0 Å². The fourth-order valence-electron chi connectivity index (χ4n) is 3.33. The number of ether oxygens (including phenoxy) is 1. The highest BCUT2D eigenvalue weighted by atomic mass is 32.2. The minimum absolute atomic E-state index is 0.0119. The topological polar surface area (TPSA) is 74.3 Å². The van der Waals surface area contributed by atoms with E-state index in [1.807, 2.05) is 31.2 Å². The standard InChI is InChI=1S/C24H22N2O4S/c1-3-21(22(27)16-10-12-17(29-2)13-11-16)31-24-25-20-9-5-4-8-19(20)23(28)26(24)15-18-7-6-14-30-18/h4-14,21H,3,15H2,1-2H3. The highest BCUT2D eigenvalue weighted by Crippen LogP contribution is 2.28. The monoisotopic (exact) mass is 434 g/mol. The highest BCUT2D eigenvalue weighted by molar-refractivity contribution is 8.00. The van der Waals surface area contributed by atoms with Crippen molar-refractivity contribution in [3.05, 3.63) is 88.6 Å². The summed E-state index contributed by atoms with van der Waals surface area (Å²) in [6.45, 7) is 2.20. The SMILES string of the molecule is CCC(Sc1nc2ccccc2c(=O)n1Cc1ccco1)C(=O)c1ccc(OC)cc1. The number of hydrogen-bond donors (Lipinski definition) is 0. The number of aromatic nitrogens is 2. The van der Waals surface area contributed by atoms with Crippen LogP contribution >= 0.6 is 11.8 Å². The van der Waals surface area contributed by atoms with Gasteiger partial charge in [0.05, 0.1) is 36.1 Å². The number of nitrogens with zero attached hydrogens (tertiary/aromatic N) is 2. The number of hydrogen-bond acceptors (Lipinski definition) is 6. The first kappa shape index (κ1) is 20.9. The van der Waals surface area contributed by atoms with E-state index in [0.29, 0.717) is 39.6 Å². The van der Waals surface area contributed by atoms with Gasteiger partial charge >= 0.3 is 0 Å². The number of thioether (sulfide) groups is 1. The molecule has 0 bridgehead atoms. The van der Waals surface area contributed by atoms with Crippen LogP contribution in [0.25, 0.3) is 10.9 Å². The normalized spacial score (nSPS) is 12.1. The van der Waals surface area contributed by atoms with Crippen LogP contribution in [0.15, 0.2) is 81.3 Å². The van der Waals surface area contributed by atoms with Gasteiger partial charge in [-0.05, 0) is 55.0 Å². The Labute approximate surface area is 183 Å². The molecule has 0 aliphatic rings. The second kappa shape index (κ2) is 9.22. The molecule has 1 unspecified atom stereocenters. The molecule has 31 heavy (non-hydrogen) atoms. The molecule has 0 radical (unpaired) electrons. The van der Waals surface area contributed by atoms with Crippen molar-refractivity contribution in [1.29, 1.82) is 0 Å². The summed E-state index contributed by atoms with van der Waals surface area (Å²) in [6, 6.07) is 17.9. The number of furan rings is 1. The molecule has 4 aromatic rings. The molecule has 0 fully saturated rings. The first-order chi connectivity index (χ1) is 15.1. The van der Waals surface area contributed by atoms with Gasteiger partial charge in [0.2, 0.25) is 0 Å². The fourth-order valence-corrected chi connectivity index (χ4v) is 4.42. The maximum Gasteiger partial charge on any atom is 0.262 e. The third-order valence-corrected chi connectivity index (χ3v) is 6.36. The number of carbonyl (C=O) groups excluding carboxylic acids is 1. The van der Waals surface area contributed by atoms with E-state index in [0.717, 1.165) is 0 Å². The third-order valence-electron chi connectivity index (χ3n) is 5.01. The zero-order chi connectivity index (χ0) is 21.8. The van der Waals surface area contributed by atoms with E-state index < -0.39 is 0 Å². The van der Waals surface area contributed by atoms with Gasteiger partial charge in [0.1, 0.15) is 11.5 Å². The minimum Gasteiger partial charge on any atom is -0.497 e. The van der Waals surface area contributed by atoms with Crippen molar-refractivity contribution in [1.82, 2.24) is 9.55 Å². The van der Waals surface area contributed by atoms with Gasteiger partial charge in [-0.3, -0.25) is 14.2 Å². The molecule has 6 nitrogen and oxygen atoms in total. The molecule has 0 aliphatic carbocycles. The van der Waals surface area contributed by atoms with Crippen molar-refractivity contribution in [2.45, 2.75) is 30.3 Å². The number of para-hydroxylation sites is 1. The average molecular weight is 435 g/mol. The lowest BCUT2D eigenvalue weighted by Gasteiger charge is -2.17. The first-order valence-corrected chi connectivity index (χ1v) is 10.9. The van der Waals surface area contributed by atoms with Crippen LogP contribution in [0.1, 0.15) is 29.5 Å². The number of ketones is 1. The number of benzene rings is 2. The van der Waals surface area contributed by atoms with Gasteiger partial charge in [0.15, 0.2) is 10.9 Å². The molecule has 7 heteroatoms. The number of Topliss-reactive ketones (excluding diaryl/α,β-unsaturated/α-hetero) is 1. The van der Waals surface area contributed by atoms with E-state index in [9.17, 15) is 9.59 Å². The third kappa shape index (κ3) is 4.41. The smallest absolute Gasteiger partial charge is 0.262 e. The molecule has 158 valence electrons. The van der Waals surface area contributed by atoms with Crippen molar-refractivity contribution in [2.75, 3.05) is 7.11 Å². The van der Waals surface area contributed by atoms with Gasteiger partial charge in [-0.25, -0.2) is 4.98 Å². The van der Waals surface area contributed by atoms with Crippen molar-refractivity contribution < 1.29 is 13.9 Å². The van der Waals surface area contributed by atoms with Gasteiger partial charge < -0.3 is 9.15 Å². The molecule has 0 N–H and O–H groups in total. The van der Waals surface area contributed by atoms with E-state index in [1.54, 1.807) is 54.3 Å². The molecule has 4 rings (SSSR count). The number of fused-ring (bicyclic) bond motifs is 1. The van der Waals surface area contributed by atoms with Gasteiger partial charge in [0.25, 0.3) is 5.56 Å². The molecule has 0 saturated heterocycles. The maximum absolute atomic E-state index is 13.2. The predicted octanol–water partition coefficient (Wildman–Crippen LogP) is 4.80. The Hall–Kier alpha value is -3.32. The van der Waals surface area contributed by atoms with Crippen LogP contribution in [0.4, 0.5) is 0 Å². The summed E-state index contributed by atoms with van der Waals surface area (Å²) >= 11 is 1.31. The van der Waals surface area contributed by atoms with Gasteiger partial charge in [-0.15, -0.1) is 0 Å². The molecule has 2 heterocycles. The second-order valence-corrected chi connectivity index (χ2v) is 8.16. The van der Waals surface area contributed by atoms with Crippen molar-refractivity contribution in [3.63, 3.8) is 0 Å². The van der Waals surface area contributed by atoms with E-state index >= 15 is 0 Å². The minimum atomic E-state index is -0.385. The highest BCUT2D eigenvalue weighted by Gasteiger charge is 2.23. The largest absolute Gasteiger partial charge is 0.497 e. The zero-order valence-electron chi connectivity index (χ0n) is 17.3. The second-order valence-electron chi connectivity index (χ2n) is 6.99. The predicted molar refractivity (Wildman–Crippen MR) is 121 cm³/mol. The fraction of sp³-hybridized carbons (Fsp3) is 0.208. The Morgan fingerprint density at radius 2 is 1.90 bits per heavy atom. The van der Waals surface area contributed by atoms with Crippen LogP contribution in [0.5, 0.6) is 5.75 Å². The summed E-state index contributed by atoms with van der Waals surface area (Å²) in [4.78, 5) is 31.1. The zero-order valence-corrected chi connectivity index (χ0v) is 18.1. The summed E-state index contributed by atoms with van der Waals surface area (Å²) in [5, 5.41) is 0.644. The van der Waals surface area contributed by atoms with Crippen molar-refractivity contribution >= 4 is 28.4 Å². The van der Waals surface area contributed by atoms with Gasteiger partial charge in [-0.2, -0.15) is 0 Å². The number of carbonyl (C=O) groups is 1. The molecular formula is C24H22N2O4S. The summed E-state index contributed by atoms with van der Waals surface area (Å²) in [5.74, 6) is 1.33. The van der Waals surface area contributed by atoms with Crippen LogP contribution in [-0.4, -0.2) is 27.7 Å². The van der Waals surface area contributed by atoms with E-state index in [1.165, 1.54) is 11.8 Å². The van der Waals surface area contributed by atoms with Gasteiger partial charge in [-0.1, -0.05) is 30.8 Å². The summed E-state index contributed by atoms with van der Waals surface area (Å²) in [7, 11) is 1.59. The quantitative estimate of drug-likeness (QED) is 0.225. The van der Waals surface area contributed by atoms with E-state index in [-0.39, 0.29) is 23.1 Å². The lowest BCUT2D eigenvalue weighted by atomic mass is 10.1. The van der Waals surface area contributed by atoms with Crippen LogP contribution in [0.2, 0.25) is 0 Å².